The number of methoxy groups -OCH3 is 1. The van der Waals surface area contributed by atoms with Gasteiger partial charge in [0.25, 0.3) is 5.91 Å². The topological polar surface area (TPSA) is 50.6 Å². The molecule has 2 aromatic carbocycles. The van der Waals surface area contributed by atoms with Crippen molar-refractivity contribution in [2.24, 2.45) is 0 Å². The molecule has 0 atom stereocenters. The van der Waals surface area contributed by atoms with E-state index in [1.807, 2.05) is 35.0 Å². The van der Waals surface area contributed by atoms with Gasteiger partial charge in [-0.25, -0.2) is 9.37 Å². The molecule has 1 saturated heterocycles. The van der Waals surface area contributed by atoms with Crippen LogP contribution in [-0.4, -0.2) is 53.6 Å². The highest BCUT2D eigenvalue weighted by Gasteiger charge is 2.24. The first-order valence-electron chi connectivity index (χ1n) is 9.13. The minimum Gasteiger partial charge on any atom is -0.497 e. The molecule has 144 valence electrons. The third-order valence-corrected chi connectivity index (χ3v) is 4.89. The van der Waals surface area contributed by atoms with Gasteiger partial charge in [-0.3, -0.25) is 9.36 Å². The Morgan fingerprint density at radius 1 is 1.07 bits per heavy atom. The fraction of sp³-hybridized carbons (Fsp3) is 0.238. The van der Waals surface area contributed by atoms with Crippen LogP contribution in [0.15, 0.2) is 60.9 Å². The molecule has 28 heavy (non-hydrogen) atoms. The first kappa shape index (κ1) is 18.0. The lowest BCUT2D eigenvalue weighted by atomic mass is 10.2. The van der Waals surface area contributed by atoms with Gasteiger partial charge in [-0.05, 0) is 36.4 Å². The molecule has 2 heterocycles. The lowest BCUT2D eigenvalue weighted by molar-refractivity contribution is 0.0746. The number of carbonyl (C=O) groups is 1. The Labute approximate surface area is 162 Å². The molecule has 0 bridgehead atoms. The smallest absolute Gasteiger partial charge is 0.253 e. The summed E-state index contributed by atoms with van der Waals surface area (Å²) in [6.45, 7) is 2.52. The molecule has 0 spiro atoms. The molecule has 6 nitrogen and oxygen atoms in total. The average molecular weight is 380 g/mol. The summed E-state index contributed by atoms with van der Waals surface area (Å²) >= 11 is 0. The second kappa shape index (κ2) is 7.72. The van der Waals surface area contributed by atoms with Crippen LogP contribution >= 0.6 is 0 Å². The number of halogens is 1. The fourth-order valence-corrected chi connectivity index (χ4v) is 3.38. The van der Waals surface area contributed by atoms with Crippen LogP contribution < -0.4 is 9.64 Å². The number of carbonyl (C=O) groups excluding carboxylic acids is 1. The number of piperazine rings is 1. The minimum absolute atomic E-state index is 0.0733. The molecule has 1 aromatic heterocycles. The Morgan fingerprint density at radius 2 is 1.82 bits per heavy atom. The van der Waals surface area contributed by atoms with E-state index in [4.69, 9.17) is 4.74 Å². The molecule has 3 aromatic rings. The van der Waals surface area contributed by atoms with Crippen LogP contribution in [0.1, 0.15) is 10.4 Å². The van der Waals surface area contributed by atoms with Gasteiger partial charge in [0.2, 0.25) is 5.95 Å². The third-order valence-electron chi connectivity index (χ3n) is 4.89. The molecule has 4 rings (SSSR count). The van der Waals surface area contributed by atoms with Gasteiger partial charge >= 0.3 is 0 Å². The number of hydrogen-bond donors (Lipinski definition) is 0. The highest BCUT2D eigenvalue weighted by atomic mass is 19.1. The predicted molar refractivity (Wildman–Crippen MR) is 105 cm³/mol. The number of anilines is 1. The van der Waals surface area contributed by atoms with Gasteiger partial charge in [0.1, 0.15) is 11.6 Å². The molecule has 0 aliphatic carbocycles. The lowest BCUT2D eigenvalue weighted by Crippen LogP contribution is -2.49. The lowest BCUT2D eigenvalue weighted by Gasteiger charge is -2.35. The van der Waals surface area contributed by atoms with Crippen LogP contribution in [0, 0.1) is 5.82 Å². The zero-order valence-corrected chi connectivity index (χ0v) is 15.6. The highest BCUT2D eigenvalue weighted by molar-refractivity contribution is 5.94. The van der Waals surface area contributed by atoms with Gasteiger partial charge in [0.05, 0.1) is 12.8 Å². The largest absolute Gasteiger partial charge is 0.497 e. The van der Waals surface area contributed by atoms with E-state index in [-0.39, 0.29) is 11.7 Å². The maximum atomic E-state index is 13.1. The van der Waals surface area contributed by atoms with Crippen LogP contribution in [0.2, 0.25) is 0 Å². The van der Waals surface area contributed by atoms with Crippen molar-refractivity contribution in [1.29, 1.82) is 0 Å². The molecule has 0 saturated carbocycles. The maximum absolute atomic E-state index is 13.1. The Bertz CT molecular complexity index is 963. The van der Waals surface area contributed by atoms with E-state index >= 15 is 0 Å². The average Bonchev–Trinajstić information content (AvgIpc) is 3.24. The van der Waals surface area contributed by atoms with Crippen molar-refractivity contribution in [2.75, 3.05) is 38.2 Å². The fourth-order valence-electron chi connectivity index (χ4n) is 3.38. The van der Waals surface area contributed by atoms with E-state index in [2.05, 4.69) is 9.88 Å². The summed E-state index contributed by atoms with van der Waals surface area (Å²) in [6, 6.07) is 13.5. The van der Waals surface area contributed by atoms with Crippen molar-refractivity contribution in [2.45, 2.75) is 0 Å². The molecular weight excluding hydrogens is 359 g/mol. The second-order valence-corrected chi connectivity index (χ2v) is 6.58. The molecule has 7 heteroatoms. The van der Waals surface area contributed by atoms with Crippen molar-refractivity contribution < 1.29 is 13.9 Å². The molecule has 1 aliphatic rings. The van der Waals surface area contributed by atoms with Crippen LogP contribution in [0.25, 0.3) is 5.69 Å². The van der Waals surface area contributed by atoms with Crippen molar-refractivity contribution in [3.8, 4) is 11.4 Å². The quantitative estimate of drug-likeness (QED) is 0.698. The summed E-state index contributed by atoms with van der Waals surface area (Å²) in [6.07, 6.45) is 3.69. The van der Waals surface area contributed by atoms with E-state index in [9.17, 15) is 9.18 Å². The zero-order chi connectivity index (χ0) is 19.5. The molecular formula is C21H21FN4O2. The molecule has 0 radical (unpaired) electrons. The van der Waals surface area contributed by atoms with Crippen molar-refractivity contribution in [1.82, 2.24) is 14.5 Å². The SMILES string of the molecule is COc1cccc(-n2ccnc2N2CCN(C(=O)c3ccc(F)cc3)CC2)c1. The Hall–Kier alpha value is -3.35. The Morgan fingerprint density at radius 3 is 2.54 bits per heavy atom. The summed E-state index contributed by atoms with van der Waals surface area (Å²) in [5.74, 6) is 1.20. The van der Waals surface area contributed by atoms with E-state index in [0.717, 1.165) is 17.4 Å². The number of nitrogens with zero attached hydrogens (tertiary/aromatic N) is 4. The first-order chi connectivity index (χ1) is 13.7. The van der Waals surface area contributed by atoms with E-state index in [1.165, 1.54) is 24.3 Å². The van der Waals surface area contributed by atoms with Gasteiger partial charge in [0, 0.05) is 50.2 Å². The standard InChI is InChI=1S/C21H21FN4O2/c1-28-19-4-2-3-18(15-19)26-10-9-23-21(26)25-13-11-24(12-14-25)20(27)16-5-7-17(22)8-6-16/h2-10,15H,11-14H2,1H3. The Balaban J connectivity index is 1.47. The summed E-state index contributed by atoms with van der Waals surface area (Å²) in [5.41, 5.74) is 1.48. The number of imidazole rings is 1. The van der Waals surface area contributed by atoms with Crippen LogP contribution in [0.5, 0.6) is 5.75 Å². The van der Waals surface area contributed by atoms with Gasteiger partial charge in [0.15, 0.2) is 0 Å². The van der Waals surface area contributed by atoms with Crippen molar-refractivity contribution in [3.05, 3.63) is 72.3 Å². The monoisotopic (exact) mass is 380 g/mol. The molecule has 0 N–H and O–H groups in total. The summed E-state index contributed by atoms with van der Waals surface area (Å²) < 4.78 is 20.4. The summed E-state index contributed by atoms with van der Waals surface area (Å²) in [7, 11) is 1.64. The van der Waals surface area contributed by atoms with E-state index in [1.54, 1.807) is 18.2 Å². The third kappa shape index (κ3) is 3.55. The van der Waals surface area contributed by atoms with Crippen molar-refractivity contribution >= 4 is 11.9 Å². The predicted octanol–water partition coefficient (Wildman–Crippen LogP) is 2.98. The maximum Gasteiger partial charge on any atom is 0.253 e. The number of hydrogen-bond acceptors (Lipinski definition) is 4. The molecule has 1 aliphatic heterocycles. The zero-order valence-electron chi connectivity index (χ0n) is 15.6. The summed E-state index contributed by atoms with van der Waals surface area (Å²) in [5, 5.41) is 0. The van der Waals surface area contributed by atoms with Crippen LogP contribution in [0.3, 0.4) is 0 Å². The number of benzene rings is 2. The number of rotatable bonds is 4. The minimum atomic E-state index is -0.342. The van der Waals surface area contributed by atoms with Gasteiger partial charge in [-0.15, -0.1) is 0 Å². The molecule has 0 unspecified atom stereocenters. The van der Waals surface area contributed by atoms with Crippen molar-refractivity contribution in [3.63, 3.8) is 0 Å². The first-order valence-corrected chi connectivity index (χ1v) is 9.13. The van der Waals surface area contributed by atoms with Crippen LogP contribution in [-0.2, 0) is 0 Å². The second-order valence-electron chi connectivity index (χ2n) is 6.58. The van der Waals surface area contributed by atoms with Gasteiger partial charge in [-0.2, -0.15) is 0 Å². The van der Waals surface area contributed by atoms with Gasteiger partial charge < -0.3 is 14.5 Å². The highest BCUT2D eigenvalue weighted by Crippen LogP contribution is 2.23. The number of amides is 1. The molecule has 1 fully saturated rings. The van der Waals surface area contributed by atoms with Gasteiger partial charge in [-0.1, -0.05) is 6.07 Å². The van der Waals surface area contributed by atoms with Crippen LogP contribution in [0.4, 0.5) is 10.3 Å². The van der Waals surface area contributed by atoms with E-state index < -0.39 is 0 Å². The normalized spacial score (nSPS) is 14.2. The Kier molecular flexibility index (Phi) is 4.97. The molecule has 1 amide bonds. The van der Waals surface area contributed by atoms with E-state index in [0.29, 0.717) is 31.7 Å². The summed E-state index contributed by atoms with van der Waals surface area (Å²) in [4.78, 5) is 21.1. The number of ether oxygens (including phenoxy) is 1. The number of aromatic nitrogens is 2.